The van der Waals surface area contributed by atoms with Gasteiger partial charge in [0, 0.05) is 18.6 Å². The second kappa shape index (κ2) is 4.40. The molecule has 0 radical (unpaired) electrons. The van der Waals surface area contributed by atoms with Crippen molar-refractivity contribution in [2.75, 3.05) is 26.3 Å². The number of nitrogens with zero attached hydrogens (tertiary/aromatic N) is 1. The van der Waals surface area contributed by atoms with Gasteiger partial charge in [-0.3, -0.25) is 4.90 Å². The molecular weight excluding hydrogens is 234 g/mol. The molecule has 0 unspecified atom stereocenters. The minimum absolute atomic E-state index is 0. The molecule has 0 spiro atoms. The molecule has 1 saturated heterocycles. The summed E-state index contributed by atoms with van der Waals surface area (Å²) in [6.07, 6.45) is 9.22. The molecule has 17 heavy (non-hydrogen) atoms. The van der Waals surface area contributed by atoms with Gasteiger partial charge in [-0.05, 0) is 56.3 Å². The SMILES string of the molecule is C1CN(C23CC4CC(CC(C4)C2)C3)CCO1.Cl. The van der Waals surface area contributed by atoms with E-state index in [9.17, 15) is 0 Å². The number of morpholine rings is 1. The third-order valence-corrected chi connectivity index (χ3v) is 5.69. The smallest absolute Gasteiger partial charge is 0.0594 e. The van der Waals surface area contributed by atoms with E-state index in [1.54, 1.807) is 19.3 Å². The Morgan fingerprint density at radius 2 is 1.29 bits per heavy atom. The van der Waals surface area contributed by atoms with Crippen LogP contribution in [0.3, 0.4) is 0 Å². The summed E-state index contributed by atoms with van der Waals surface area (Å²) in [5.41, 5.74) is 0.624. The van der Waals surface area contributed by atoms with Crippen molar-refractivity contribution in [3.8, 4) is 0 Å². The van der Waals surface area contributed by atoms with Crippen molar-refractivity contribution in [3.63, 3.8) is 0 Å². The monoisotopic (exact) mass is 257 g/mol. The van der Waals surface area contributed by atoms with E-state index < -0.39 is 0 Å². The summed E-state index contributed by atoms with van der Waals surface area (Å²) < 4.78 is 5.52. The van der Waals surface area contributed by atoms with Crippen molar-refractivity contribution in [2.45, 2.75) is 44.1 Å². The van der Waals surface area contributed by atoms with E-state index in [2.05, 4.69) is 4.90 Å². The predicted molar refractivity (Wildman–Crippen MR) is 70.5 cm³/mol. The molecule has 4 saturated carbocycles. The average molecular weight is 258 g/mol. The summed E-state index contributed by atoms with van der Waals surface area (Å²) in [4.78, 5) is 2.81. The summed E-state index contributed by atoms with van der Waals surface area (Å²) in [5.74, 6) is 3.23. The predicted octanol–water partition coefficient (Wildman–Crippen LogP) is 2.71. The fourth-order valence-corrected chi connectivity index (χ4v) is 5.49. The highest BCUT2D eigenvalue weighted by Crippen LogP contribution is 2.57. The van der Waals surface area contributed by atoms with E-state index in [-0.39, 0.29) is 12.4 Å². The first-order valence-electron chi connectivity index (χ1n) is 7.17. The van der Waals surface area contributed by atoms with Crippen LogP contribution in [0.5, 0.6) is 0 Å². The van der Waals surface area contributed by atoms with Gasteiger partial charge in [0.05, 0.1) is 13.2 Å². The third kappa shape index (κ3) is 1.93. The maximum Gasteiger partial charge on any atom is 0.0594 e. The first kappa shape index (κ1) is 12.3. The minimum Gasteiger partial charge on any atom is -0.379 e. The summed E-state index contributed by atoms with van der Waals surface area (Å²) in [7, 11) is 0. The molecule has 3 heteroatoms. The zero-order valence-corrected chi connectivity index (χ0v) is 11.4. The van der Waals surface area contributed by atoms with E-state index in [4.69, 9.17) is 4.74 Å². The normalized spacial score (nSPS) is 49.1. The topological polar surface area (TPSA) is 12.5 Å². The summed E-state index contributed by atoms with van der Waals surface area (Å²) in [6, 6.07) is 0. The van der Waals surface area contributed by atoms with Crippen LogP contribution >= 0.6 is 12.4 Å². The highest BCUT2D eigenvalue weighted by atomic mass is 35.5. The van der Waals surface area contributed by atoms with E-state index >= 15 is 0 Å². The lowest BCUT2D eigenvalue weighted by molar-refractivity contribution is -0.116. The summed E-state index contributed by atoms with van der Waals surface area (Å²) in [6.45, 7) is 4.35. The summed E-state index contributed by atoms with van der Waals surface area (Å²) in [5, 5.41) is 0. The van der Waals surface area contributed by atoms with Crippen LogP contribution in [0.4, 0.5) is 0 Å². The van der Waals surface area contributed by atoms with Crippen molar-refractivity contribution in [1.29, 1.82) is 0 Å². The van der Waals surface area contributed by atoms with Gasteiger partial charge in [0.25, 0.3) is 0 Å². The Morgan fingerprint density at radius 1 is 0.824 bits per heavy atom. The summed E-state index contributed by atoms with van der Waals surface area (Å²) >= 11 is 0. The molecule has 0 amide bonds. The lowest BCUT2D eigenvalue weighted by Crippen LogP contribution is -2.62. The Bertz CT molecular complexity index is 253. The van der Waals surface area contributed by atoms with Crippen LogP contribution in [0, 0.1) is 17.8 Å². The Hall–Kier alpha value is 0.210. The molecule has 0 atom stereocenters. The van der Waals surface area contributed by atoms with Crippen LogP contribution in [-0.2, 0) is 4.74 Å². The van der Waals surface area contributed by atoms with Crippen LogP contribution in [0.1, 0.15) is 38.5 Å². The number of hydrogen-bond donors (Lipinski definition) is 0. The van der Waals surface area contributed by atoms with Gasteiger partial charge in [0.1, 0.15) is 0 Å². The molecule has 1 aliphatic heterocycles. The van der Waals surface area contributed by atoms with Crippen molar-refractivity contribution in [1.82, 2.24) is 4.90 Å². The number of ether oxygens (including phenoxy) is 1. The van der Waals surface area contributed by atoms with E-state index in [0.717, 1.165) is 31.0 Å². The van der Waals surface area contributed by atoms with Crippen LogP contribution in [0.2, 0.25) is 0 Å². The van der Waals surface area contributed by atoms with Gasteiger partial charge < -0.3 is 4.74 Å². The van der Waals surface area contributed by atoms with Crippen LogP contribution in [-0.4, -0.2) is 36.7 Å². The quantitative estimate of drug-likeness (QED) is 0.716. The number of halogens is 1. The van der Waals surface area contributed by atoms with Crippen molar-refractivity contribution >= 4 is 12.4 Å². The largest absolute Gasteiger partial charge is 0.379 e. The lowest BCUT2D eigenvalue weighted by atomic mass is 9.52. The highest BCUT2D eigenvalue weighted by Gasteiger charge is 2.53. The van der Waals surface area contributed by atoms with Gasteiger partial charge in [0.15, 0.2) is 0 Å². The Balaban J connectivity index is 0.000000902. The fourth-order valence-electron chi connectivity index (χ4n) is 5.49. The van der Waals surface area contributed by atoms with Gasteiger partial charge in [-0.1, -0.05) is 0 Å². The number of hydrogen-bond acceptors (Lipinski definition) is 2. The van der Waals surface area contributed by atoms with Crippen LogP contribution in [0.25, 0.3) is 0 Å². The maximum absolute atomic E-state index is 5.52. The lowest BCUT2D eigenvalue weighted by Gasteiger charge is -2.61. The molecule has 4 bridgehead atoms. The van der Waals surface area contributed by atoms with Gasteiger partial charge in [-0.15, -0.1) is 12.4 Å². The highest BCUT2D eigenvalue weighted by molar-refractivity contribution is 5.85. The van der Waals surface area contributed by atoms with Crippen molar-refractivity contribution in [3.05, 3.63) is 0 Å². The van der Waals surface area contributed by atoms with E-state index in [1.165, 1.54) is 32.4 Å². The molecule has 5 fully saturated rings. The first-order chi connectivity index (χ1) is 7.84. The molecule has 0 N–H and O–H groups in total. The molecule has 1 heterocycles. The zero-order valence-electron chi connectivity index (χ0n) is 10.6. The third-order valence-electron chi connectivity index (χ3n) is 5.69. The number of rotatable bonds is 1. The van der Waals surface area contributed by atoms with Gasteiger partial charge in [-0.2, -0.15) is 0 Å². The molecule has 0 aromatic rings. The Morgan fingerprint density at radius 3 is 1.76 bits per heavy atom. The molecule has 5 aliphatic rings. The van der Waals surface area contributed by atoms with Gasteiger partial charge in [-0.25, -0.2) is 0 Å². The van der Waals surface area contributed by atoms with Gasteiger partial charge >= 0.3 is 0 Å². The Labute approximate surface area is 110 Å². The van der Waals surface area contributed by atoms with Crippen LogP contribution in [0.15, 0.2) is 0 Å². The molecule has 98 valence electrons. The van der Waals surface area contributed by atoms with Crippen molar-refractivity contribution < 1.29 is 4.74 Å². The maximum atomic E-state index is 5.52. The zero-order chi connectivity index (χ0) is 10.6. The van der Waals surface area contributed by atoms with Gasteiger partial charge in [0.2, 0.25) is 0 Å². The second-order valence-corrected chi connectivity index (χ2v) is 6.74. The molecule has 4 aliphatic carbocycles. The standard InChI is InChI=1S/C14H23NO.ClH/c1-3-16-4-2-15(1)14-8-11-5-12(9-14)7-13(6-11)10-14;/h11-13H,1-10H2;1H. The second-order valence-electron chi connectivity index (χ2n) is 6.74. The molecule has 0 aromatic heterocycles. The molecule has 0 aromatic carbocycles. The fraction of sp³-hybridized carbons (Fsp3) is 1.00. The van der Waals surface area contributed by atoms with Crippen molar-refractivity contribution in [2.24, 2.45) is 17.8 Å². The molecule has 5 rings (SSSR count). The first-order valence-corrected chi connectivity index (χ1v) is 7.17. The minimum atomic E-state index is 0. The average Bonchev–Trinajstić information content (AvgIpc) is 2.28. The molecule has 2 nitrogen and oxygen atoms in total. The van der Waals surface area contributed by atoms with E-state index in [1.807, 2.05) is 0 Å². The molecular formula is C14H24ClNO. The van der Waals surface area contributed by atoms with Crippen LogP contribution < -0.4 is 0 Å². The Kier molecular flexibility index (Phi) is 3.17. The van der Waals surface area contributed by atoms with E-state index in [0.29, 0.717) is 5.54 Å².